The molecule has 0 spiro atoms. The van der Waals surface area contributed by atoms with Crippen molar-refractivity contribution in [3.63, 3.8) is 0 Å². The molecule has 0 bridgehead atoms. The molecule has 0 fully saturated rings. The standard InChI is InChI=1S/C13H28N2O2/c1-6-11(7-2)15(9-10-17-5)12(16)13(4,14)8-3/h11H,6-10,14H2,1-5H3. The van der Waals surface area contributed by atoms with E-state index in [-0.39, 0.29) is 11.9 Å². The van der Waals surface area contributed by atoms with E-state index in [1.165, 1.54) is 0 Å². The summed E-state index contributed by atoms with van der Waals surface area (Å²) in [6.07, 6.45) is 2.55. The predicted octanol–water partition coefficient (Wildman–Crippen LogP) is 1.78. The van der Waals surface area contributed by atoms with Crippen molar-refractivity contribution in [1.29, 1.82) is 0 Å². The van der Waals surface area contributed by atoms with Gasteiger partial charge in [-0.1, -0.05) is 20.8 Å². The smallest absolute Gasteiger partial charge is 0.242 e. The van der Waals surface area contributed by atoms with Gasteiger partial charge in [0, 0.05) is 19.7 Å². The molecular formula is C13H28N2O2. The molecule has 102 valence electrons. The molecule has 1 amide bonds. The summed E-state index contributed by atoms with van der Waals surface area (Å²) in [4.78, 5) is 14.3. The summed E-state index contributed by atoms with van der Waals surface area (Å²) < 4.78 is 5.07. The second kappa shape index (κ2) is 7.67. The minimum absolute atomic E-state index is 0.0331. The fourth-order valence-electron chi connectivity index (χ4n) is 1.85. The summed E-state index contributed by atoms with van der Waals surface area (Å²) in [6.45, 7) is 9.12. The Morgan fingerprint density at radius 3 is 2.24 bits per heavy atom. The molecule has 0 aromatic heterocycles. The van der Waals surface area contributed by atoms with E-state index in [0.29, 0.717) is 19.6 Å². The number of methoxy groups -OCH3 is 1. The SMILES string of the molecule is CCC(CC)N(CCOC)C(=O)C(C)(N)CC. The van der Waals surface area contributed by atoms with Gasteiger partial charge in [0.05, 0.1) is 12.1 Å². The van der Waals surface area contributed by atoms with Gasteiger partial charge in [-0.15, -0.1) is 0 Å². The molecular weight excluding hydrogens is 216 g/mol. The second-order valence-corrected chi connectivity index (χ2v) is 4.73. The van der Waals surface area contributed by atoms with Crippen molar-refractivity contribution in [2.45, 2.75) is 58.5 Å². The fourth-order valence-corrected chi connectivity index (χ4v) is 1.85. The molecule has 0 aromatic carbocycles. The molecule has 0 radical (unpaired) electrons. The van der Waals surface area contributed by atoms with Crippen LogP contribution in [0.4, 0.5) is 0 Å². The van der Waals surface area contributed by atoms with Crippen LogP contribution in [0.5, 0.6) is 0 Å². The van der Waals surface area contributed by atoms with E-state index < -0.39 is 5.54 Å². The van der Waals surface area contributed by atoms with Crippen molar-refractivity contribution in [2.75, 3.05) is 20.3 Å². The van der Waals surface area contributed by atoms with Crippen molar-refractivity contribution >= 4 is 5.91 Å². The van der Waals surface area contributed by atoms with Crippen LogP contribution in [0.1, 0.15) is 47.0 Å². The molecule has 4 nitrogen and oxygen atoms in total. The Bertz CT molecular complexity index is 225. The van der Waals surface area contributed by atoms with Gasteiger partial charge in [0.2, 0.25) is 5.91 Å². The van der Waals surface area contributed by atoms with Gasteiger partial charge in [-0.25, -0.2) is 0 Å². The molecule has 2 N–H and O–H groups in total. The average Bonchev–Trinajstić information content (AvgIpc) is 2.33. The normalized spacial score (nSPS) is 14.8. The number of carbonyl (C=O) groups is 1. The Morgan fingerprint density at radius 2 is 1.88 bits per heavy atom. The van der Waals surface area contributed by atoms with Gasteiger partial charge in [0.1, 0.15) is 0 Å². The van der Waals surface area contributed by atoms with Crippen LogP contribution in [0.3, 0.4) is 0 Å². The number of carbonyl (C=O) groups excluding carboxylic acids is 1. The van der Waals surface area contributed by atoms with Crippen LogP contribution in [-0.4, -0.2) is 42.6 Å². The molecule has 17 heavy (non-hydrogen) atoms. The number of nitrogens with two attached hydrogens (primary N) is 1. The molecule has 0 saturated heterocycles. The zero-order valence-corrected chi connectivity index (χ0v) is 12.0. The monoisotopic (exact) mass is 244 g/mol. The maximum Gasteiger partial charge on any atom is 0.242 e. The third kappa shape index (κ3) is 4.64. The van der Waals surface area contributed by atoms with Gasteiger partial charge in [-0.3, -0.25) is 4.79 Å². The largest absolute Gasteiger partial charge is 0.383 e. The van der Waals surface area contributed by atoms with Gasteiger partial charge in [-0.2, -0.15) is 0 Å². The molecule has 1 atom stereocenters. The van der Waals surface area contributed by atoms with E-state index in [9.17, 15) is 4.79 Å². The summed E-state index contributed by atoms with van der Waals surface area (Å²) in [5.74, 6) is 0.0331. The maximum atomic E-state index is 12.4. The molecule has 0 rings (SSSR count). The van der Waals surface area contributed by atoms with Crippen molar-refractivity contribution in [1.82, 2.24) is 4.90 Å². The van der Waals surface area contributed by atoms with Crippen molar-refractivity contribution < 1.29 is 9.53 Å². The highest BCUT2D eigenvalue weighted by Gasteiger charge is 2.33. The molecule has 0 aromatic rings. The van der Waals surface area contributed by atoms with Crippen molar-refractivity contribution in [3.05, 3.63) is 0 Å². The van der Waals surface area contributed by atoms with Gasteiger partial charge >= 0.3 is 0 Å². The van der Waals surface area contributed by atoms with Crippen LogP contribution in [0.25, 0.3) is 0 Å². The third-order valence-corrected chi connectivity index (χ3v) is 3.40. The molecule has 0 aliphatic rings. The lowest BCUT2D eigenvalue weighted by atomic mass is 9.96. The topological polar surface area (TPSA) is 55.6 Å². The van der Waals surface area contributed by atoms with E-state index in [1.807, 2.05) is 11.8 Å². The number of ether oxygens (including phenoxy) is 1. The number of rotatable bonds is 8. The summed E-state index contributed by atoms with van der Waals surface area (Å²) in [5, 5.41) is 0. The summed E-state index contributed by atoms with van der Waals surface area (Å²) in [6, 6.07) is 0.257. The Kier molecular flexibility index (Phi) is 7.39. The van der Waals surface area contributed by atoms with Crippen molar-refractivity contribution in [3.8, 4) is 0 Å². The number of nitrogens with zero attached hydrogens (tertiary/aromatic N) is 1. The second-order valence-electron chi connectivity index (χ2n) is 4.73. The minimum Gasteiger partial charge on any atom is -0.383 e. The van der Waals surface area contributed by atoms with E-state index >= 15 is 0 Å². The lowest BCUT2D eigenvalue weighted by Crippen LogP contribution is -2.56. The first-order chi connectivity index (χ1) is 7.94. The molecule has 0 heterocycles. The van der Waals surface area contributed by atoms with E-state index in [0.717, 1.165) is 12.8 Å². The first kappa shape index (κ1) is 16.4. The summed E-state index contributed by atoms with van der Waals surface area (Å²) >= 11 is 0. The first-order valence-corrected chi connectivity index (χ1v) is 6.53. The van der Waals surface area contributed by atoms with Gasteiger partial charge in [0.25, 0.3) is 0 Å². The molecule has 4 heteroatoms. The van der Waals surface area contributed by atoms with Crippen molar-refractivity contribution in [2.24, 2.45) is 5.73 Å². The van der Waals surface area contributed by atoms with Crippen LogP contribution in [0.2, 0.25) is 0 Å². The van der Waals surface area contributed by atoms with Gasteiger partial charge in [-0.05, 0) is 26.2 Å². The average molecular weight is 244 g/mol. The van der Waals surface area contributed by atoms with Crippen LogP contribution in [0, 0.1) is 0 Å². The lowest BCUT2D eigenvalue weighted by molar-refractivity contribution is -0.139. The fraction of sp³-hybridized carbons (Fsp3) is 0.923. The quantitative estimate of drug-likeness (QED) is 0.708. The van der Waals surface area contributed by atoms with Crippen LogP contribution in [-0.2, 0) is 9.53 Å². The van der Waals surface area contributed by atoms with Crippen LogP contribution >= 0.6 is 0 Å². The molecule has 0 aliphatic carbocycles. The zero-order valence-electron chi connectivity index (χ0n) is 12.0. The Morgan fingerprint density at radius 1 is 1.35 bits per heavy atom. The Labute approximate surface area is 105 Å². The molecule has 0 saturated carbocycles. The number of hydrogen-bond acceptors (Lipinski definition) is 3. The van der Waals surface area contributed by atoms with E-state index in [1.54, 1.807) is 14.0 Å². The lowest BCUT2D eigenvalue weighted by Gasteiger charge is -2.36. The van der Waals surface area contributed by atoms with Gasteiger partial charge < -0.3 is 15.4 Å². The number of hydrogen-bond donors (Lipinski definition) is 1. The molecule has 0 aliphatic heterocycles. The highest BCUT2D eigenvalue weighted by Crippen LogP contribution is 2.16. The Balaban J connectivity index is 4.83. The Hall–Kier alpha value is -0.610. The first-order valence-electron chi connectivity index (χ1n) is 6.53. The predicted molar refractivity (Wildman–Crippen MR) is 70.8 cm³/mol. The number of amides is 1. The van der Waals surface area contributed by atoms with E-state index in [4.69, 9.17) is 10.5 Å². The highest BCUT2D eigenvalue weighted by molar-refractivity contribution is 5.85. The summed E-state index contributed by atoms with van der Waals surface area (Å²) in [5.41, 5.74) is 5.28. The third-order valence-electron chi connectivity index (χ3n) is 3.40. The van der Waals surface area contributed by atoms with E-state index in [2.05, 4.69) is 13.8 Å². The van der Waals surface area contributed by atoms with Gasteiger partial charge in [0.15, 0.2) is 0 Å². The molecule has 1 unspecified atom stereocenters. The highest BCUT2D eigenvalue weighted by atomic mass is 16.5. The zero-order chi connectivity index (χ0) is 13.5. The minimum atomic E-state index is -0.768. The van der Waals surface area contributed by atoms with Crippen LogP contribution < -0.4 is 5.73 Å². The summed E-state index contributed by atoms with van der Waals surface area (Å²) in [7, 11) is 1.65. The maximum absolute atomic E-state index is 12.4. The van der Waals surface area contributed by atoms with Crippen LogP contribution in [0.15, 0.2) is 0 Å².